The highest BCUT2D eigenvalue weighted by Gasteiger charge is 2.30. The van der Waals surface area contributed by atoms with Crippen LogP contribution in [0.25, 0.3) is 16.6 Å². The number of hydrogen-bond donors (Lipinski definition) is 1. The molecule has 2 aromatic carbocycles. The van der Waals surface area contributed by atoms with Crippen LogP contribution >= 0.6 is 0 Å². The van der Waals surface area contributed by atoms with Crippen LogP contribution in [0.3, 0.4) is 0 Å². The first-order chi connectivity index (χ1) is 13.8. The Morgan fingerprint density at radius 3 is 2.41 bits per heavy atom. The van der Waals surface area contributed by atoms with E-state index in [1.54, 1.807) is 18.2 Å². The van der Waals surface area contributed by atoms with Crippen LogP contribution in [0.15, 0.2) is 59.9 Å². The number of pyridine rings is 1. The summed E-state index contributed by atoms with van der Waals surface area (Å²) < 4.78 is 40.1. The quantitative estimate of drug-likeness (QED) is 0.655. The van der Waals surface area contributed by atoms with Gasteiger partial charge in [-0.2, -0.15) is 13.2 Å². The summed E-state index contributed by atoms with van der Waals surface area (Å²) in [6.07, 6.45) is -1.08. The molecule has 0 radical (unpaired) electrons. The number of carbonyl (C=O) groups is 1. The van der Waals surface area contributed by atoms with Crippen molar-refractivity contribution < 1.29 is 18.0 Å². The largest absolute Gasteiger partial charge is 0.416 e. The third-order valence-corrected chi connectivity index (χ3v) is 5.15. The normalized spacial score (nSPS) is 13.3. The van der Waals surface area contributed by atoms with Gasteiger partial charge in [-0.1, -0.05) is 6.58 Å². The summed E-state index contributed by atoms with van der Waals surface area (Å²) in [5, 5.41) is 3.51. The number of benzene rings is 2. The fourth-order valence-electron chi connectivity index (χ4n) is 3.82. The van der Waals surface area contributed by atoms with Crippen LogP contribution in [-0.2, 0) is 23.8 Å². The van der Waals surface area contributed by atoms with E-state index in [1.165, 1.54) is 16.7 Å². The Labute approximate surface area is 164 Å². The Morgan fingerprint density at radius 1 is 1.07 bits per heavy atom. The molecular formula is C22H17F3N2O2. The molecule has 1 aliphatic rings. The number of rotatable bonds is 3. The molecule has 0 unspecified atom stereocenters. The van der Waals surface area contributed by atoms with Crippen molar-refractivity contribution >= 4 is 22.5 Å². The zero-order valence-corrected chi connectivity index (χ0v) is 15.3. The predicted molar refractivity (Wildman–Crippen MR) is 105 cm³/mol. The van der Waals surface area contributed by atoms with Gasteiger partial charge in [-0.05, 0) is 73.4 Å². The van der Waals surface area contributed by atoms with Gasteiger partial charge < -0.3 is 5.32 Å². The maximum absolute atomic E-state index is 13.1. The molecule has 0 spiro atoms. The van der Waals surface area contributed by atoms with E-state index in [-0.39, 0.29) is 11.5 Å². The SMILES string of the molecule is C=CC(=O)Nc1ccc2c(c1)c1c(c(=O)n2-c2ccc(C(F)(F)F)cc2)CCC1. The highest BCUT2D eigenvalue weighted by molar-refractivity contribution is 6.00. The minimum Gasteiger partial charge on any atom is -0.323 e. The molecule has 1 aliphatic carbocycles. The molecule has 3 aromatic rings. The van der Waals surface area contributed by atoms with Gasteiger partial charge in [0.2, 0.25) is 5.91 Å². The zero-order valence-electron chi connectivity index (χ0n) is 15.3. The van der Waals surface area contributed by atoms with Crippen LogP contribution in [0.5, 0.6) is 0 Å². The van der Waals surface area contributed by atoms with Crippen LogP contribution in [0.4, 0.5) is 18.9 Å². The number of aryl methyl sites for hydroxylation is 1. The number of halogens is 3. The Bertz CT molecular complexity index is 1190. The minimum absolute atomic E-state index is 0.215. The second kappa shape index (κ2) is 6.92. The van der Waals surface area contributed by atoms with Crippen molar-refractivity contribution in [1.29, 1.82) is 0 Å². The van der Waals surface area contributed by atoms with Crippen LogP contribution < -0.4 is 10.9 Å². The lowest BCUT2D eigenvalue weighted by Gasteiger charge is -2.16. The first kappa shape index (κ1) is 19.0. The summed E-state index contributed by atoms with van der Waals surface area (Å²) in [7, 11) is 0. The lowest BCUT2D eigenvalue weighted by Crippen LogP contribution is -2.23. The number of alkyl halides is 3. The molecule has 0 saturated carbocycles. The molecular weight excluding hydrogens is 381 g/mol. The molecule has 1 amide bonds. The number of carbonyl (C=O) groups excluding carboxylic acids is 1. The van der Waals surface area contributed by atoms with Crippen LogP contribution in [0, 0.1) is 0 Å². The van der Waals surface area contributed by atoms with Crippen molar-refractivity contribution in [1.82, 2.24) is 4.57 Å². The van der Waals surface area contributed by atoms with Gasteiger partial charge in [0.05, 0.1) is 11.1 Å². The topological polar surface area (TPSA) is 51.1 Å². The molecule has 0 aliphatic heterocycles. The van der Waals surface area contributed by atoms with Crippen molar-refractivity contribution in [3.05, 3.63) is 82.2 Å². The monoisotopic (exact) mass is 398 g/mol. The highest BCUT2D eigenvalue weighted by Crippen LogP contribution is 2.32. The van der Waals surface area contributed by atoms with Crippen molar-refractivity contribution in [2.24, 2.45) is 0 Å². The number of fused-ring (bicyclic) bond motifs is 3. The third kappa shape index (κ3) is 3.33. The van der Waals surface area contributed by atoms with E-state index < -0.39 is 11.7 Å². The molecule has 0 saturated heterocycles. The van der Waals surface area contributed by atoms with Crippen molar-refractivity contribution in [2.45, 2.75) is 25.4 Å². The van der Waals surface area contributed by atoms with Crippen LogP contribution in [-0.4, -0.2) is 10.5 Å². The number of amides is 1. The Morgan fingerprint density at radius 2 is 1.76 bits per heavy atom. The highest BCUT2D eigenvalue weighted by atomic mass is 19.4. The van der Waals surface area contributed by atoms with Gasteiger partial charge in [0.25, 0.3) is 5.56 Å². The van der Waals surface area contributed by atoms with E-state index >= 15 is 0 Å². The standard InChI is InChI=1S/C22H17F3N2O2/c1-2-20(28)26-14-8-11-19-18(12-14)16-4-3-5-17(16)21(29)27(19)15-9-6-13(7-10-15)22(23,24)25/h2,6-12H,1,3-5H2,(H,26,28). The molecule has 0 fully saturated rings. The smallest absolute Gasteiger partial charge is 0.323 e. The van der Waals surface area contributed by atoms with Gasteiger partial charge in [0.15, 0.2) is 0 Å². The van der Waals surface area contributed by atoms with Crippen molar-refractivity contribution in [3.8, 4) is 5.69 Å². The molecule has 7 heteroatoms. The molecule has 4 rings (SSSR count). The minimum atomic E-state index is -4.44. The average molecular weight is 398 g/mol. The maximum Gasteiger partial charge on any atom is 0.416 e. The molecule has 0 bridgehead atoms. The number of hydrogen-bond acceptors (Lipinski definition) is 2. The summed E-state index contributed by atoms with van der Waals surface area (Å²) in [6, 6.07) is 9.70. The Balaban J connectivity index is 1.93. The second-order valence-electron chi connectivity index (χ2n) is 6.92. The summed E-state index contributed by atoms with van der Waals surface area (Å²) in [5.41, 5.74) is 2.14. The van der Waals surface area contributed by atoms with Crippen molar-refractivity contribution in [3.63, 3.8) is 0 Å². The number of anilines is 1. The fraction of sp³-hybridized carbons (Fsp3) is 0.182. The van der Waals surface area contributed by atoms with Gasteiger partial charge in [0.1, 0.15) is 0 Å². The van der Waals surface area contributed by atoms with Crippen molar-refractivity contribution in [2.75, 3.05) is 5.32 Å². The van der Waals surface area contributed by atoms with Crippen LogP contribution in [0.2, 0.25) is 0 Å². The lowest BCUT2D eigenvalue weighted by molar-refractivity contribution is -0.137. The van der Waals surface area contributed by atoms with Gasteiger partial charge in [-0.15, -0.1) is 0 Å². The zero-order chi connectivity index (χ0) is 20.8. The van der Waals surface area contributed by atoms with Gasteiger partial charge in [-0.3, -0.25) is 14.2 Å². The van der Waals surface area contributed by atoms with E-state index in [4.69, 9.17) is 0 Å². The summed E-state index contributed by atoms with van der Waals surface area (Å²) >= 11 is 0. The first-order valence-electron chi connectivity index (χ1n) is 9.11. The first-order valence-corrected chi connectivity index (χ1v) is 9.11. The molecule has 29 heavy (non-hydrogen) atoms. The summed E-state index contributed by atoms with van der Waals surface area (Å²) in [6.45, 7) is 3.43. The fourth-order valence-corrected chi connectivity index (χ4v) is 3.82. The van der Waals surface area contributed by atoms with E-state index in [0.717, 1.165) is 42.0 Å². The predicted octanol–water partition coefficient (Wildman–Crippen LogP) is 4.62. The Kier molecular flexibility index (Phi) is 4.53. The van der Waals surface area contributed by atoms with E-state index in [9.17, 15) is 22.8 Å². The number of aromatic nitrogens is 1. The second-order valence-corrected chi connectivity index (χ2v) is 6.92. The summed E-state index contributed by atoms with van der Waals surface area (Å²) in [4.78, 5) is 24.8. The van der Waals surface area contributed by atoms with E-state index in [0.29, 0.717) is 28.9 Å². The molecule has 0 atom stereocenters. The molecule has 1 aromatic heterocycles. The van der Waals surface area contributed by atoms with Gasteiger partial charge >= 0.3 is 6.18 Å². The van der Waals surface area contributed by atoms with Gasteiger partial charge in [0, 0.05) is 22.3 Å². The third-order valence-electron chi connectivity index (χ3n) is 5.15. The molecule has 148 valence electrons. The van der Waals surface area contributed by atoms with E-state index in [2.05, 4.69) is 11.9 Å². The van der Waals surface area contributed by atoms with Crippen LogP contribution in [0.1, 0.15) is 23.1 Å². The number of nitrogens with zero attached hydrogens (tertiary/aromatic N) is 1. The van der Waals surface area contributed by atoms with E-state index in [1.807, 2.05) is 0 Å². The summed E-state index contributed by atoms with van der Waals surface area (Å²) in [5.74, 6) is -0.350. The maximum atomic E-state index is 13.1. The molecule has 1 heterocycles. The molecule has 1 N–H and O–H groups in total. The average Bonchev–Trinajstić information content (AvgIpc) is 3.19. The molecule has 4 nitrogen and oxygen atoms in total. The van der Waals surface area contributed by atoms with Gasteiger partial charge in [-0.25, -0.2) is 0 Å². The lowest BCUT2D eigenvalue weighted by atomic mass is 10.0. The number of nitrogens with one attached hydrogen (secondary N) is 1. The Hall–Kier alpha value is -3.35.